The molecule has 5 nitrogen and oxygen atoms in total. The molecule has 1 aromatic carbocycles. The van der Waals surface area contributed by atoms with Crippen LogP contribution in [-0.4, -0.2) is 60.5 Å². The summed E-state index contributed by atoms with van der Waals surface area (Å²) >= 11 is 1.76. The fraction of sp³-hybridized carbons (Fsp3) is 0.524. The van der Waals surface area contributed by atoms with Gasteiger partial charge in [0.25, 0.3) is 0 Å². The molecular formula is C21H30N4OS. The van der Waals surface area contributed by atoms with E-state index >= 15 is 0 Å². The summed E-state index contributed by atoms with van der Waals surface area (Å²) in [6, 6.07) is 8.78. The van der Waals surface area contributed by atoms with Gasteiger partial charge in [0.05, 0.1) is 5.69 Å². The van der Waals surface area contributed by atoms with Crippen molar-refractivity contribution in [1.82, 2.24) is 20.1 Å². The quantitative estimate of drug-likeness (QED) is 0.828. The predicted octanol–water partition coefficient (Wildman–Crippen LogP) is 3.24. The Morgan fingerprint density at radius 2 is 1.93 bits per heavy atom. The summed E-state index contributed by atoms with van der Waals surface area (Å²) in [5.41, 5.74) is 3.52. The molecule has 1 saturated heterocycles. The molecule has 2 aromatic rings. The molecule has 1 amide bonds. The van der Waals surface area contributed by atoms with Crippen LogP contribution in [0.25, 0.3) is 10.6 Å². The Bertz CT molecular complexity index is 765. The first-order chi connectivity index (χ1) is 13.0. The van der Waals surface area contributed by atoms with E-state index in [0.29, 0.717) is 6.42 Å². The van der Waals surface area contributed by atoms with E-state index in [1.807, 2.05) is 4.90 Å². The Balaban J connectivity index is 1.61. The summed E-state index contributed by atoms with van der Waals surface area (Å²) in [6.07, 6.45) is 0.573. The molecule has 1 aliphatic rings. The molecule has 1 N–H and O–H groups in total. The summed E-state index contributed by atoms with van der Waals surface area (Å²) in [5.74, 6) is 0.261. The third kappa shape index (κ3) is 4.94. The van der Waals surface area contributed by atoms with Gasteiger partial charge in [-0.2, -0.15) is 0 Å². The van der Waals surface area contributed by atoms with E-state index < -0.39 is 0 Å². The number of hydrogen-bond donors (Lipinski definition) is 1. The van der Waals surface area contributed by atoms with Crippen molar-refractivity contribution in [2.75, 3.05) is 39.8 Å². The molecule has 1 aromatic heterocycles. The van der Waals surface area contributed by atoms with Gasteiger partial charge < -0.3 is 10.2 Å². The summed E-state index contributed by atoms with van der Waals surface area (Å²) in [6.45, 7) is 10.6. The summed E-state index contributed by atoms with van der Waals surface area (Å²) in [5, 5.41) is 4.36. The highest BCUT2D eigenvalue weighted by Crippen LogP contribution is 2.34. The van der Waals surface area contributed by atoms with Gasteiger partial charge in [0, 0.05) is 55.6 Å². The molecule has 146 valence electrons. The topological polar surface area (TPSA) is 48.5 Å². The normalized spacial score (nSPS) is 16.0. The maximum Gasteiger partial charge on any atom is 0.223 e. The smallest absolute Gasteiger partial charge is 0.223 e. The average molecular weight is 387 g/mol. The summed E-state index contributed by atoms with van der Waals surface area (Å²) in [4.78, 5) is 22.7. The summed E-state index contributed by atoms with van der Waals surface area (Å²) in [7, 11) is 2.10. The number of thiazole rings is 1. The lowest BCUT2D eigenvalue weighted by Gasteiger charge is -2.29. The number of nitrogens with one attached hydrogen (secondary N) is 1. The highest BCUT2D eigenvalue weighted by molar-refractivity contribution is 7.15. The van der Waals surface area contributed by atoms with Crippen LogP contribution in [-0.2, 0) is 4.79 Å². The first-order valence-electron chi connectivity index (χ1n) is 9.69. The third-order valence-corrected chi connectivity index (χ3v) is 6.70. The van der Waals surface area contributed by atoms with Gasteiger partial charge in [0.2, 0.25) is 5.91 Å². The molecule has 1 atom stereocenters. The van der Waals surface area contributed by atoms with E-state index in [0.717, 1.165) is 43.4 Å². The van der Waals surface area contributed by atoms with Gasteiger partial charge in [-0.05, 0) is 27.8 Å². The van der Waals surface area contributed by atoms with E-state index in [1.54, 1.807) is 11.3 Å². The zero-order valence-electron chi connectivity index (χ0n) is 16.8. The molecule has 0 bridgehead atoms. The number of aromatic nitrogens is 1. The van der Waals surface area contributed by atoms with Gasteiger partial charge in [-0.3, -0.25) is 9.69 Å². The van der Waals surface area contributed by atoms with Crippen LogP contribution in [0.4, 0.5) is 0 Å². The lowest BCUT2D eigenvalue weighted by molar-refractivity contribution is -0.132. The fourth-order valence-electron chi connectivity index (χ4n) is 3.35. The number of carbonyl (C=O) groups excluding carboxylic acids is 1. The van der Waals surface area contributed by atoms with Crippen molar-refractivity contribution in [3.63, 3.8) is 0 Å². The van der Waals surface area contributed by atoms with Crippen LogP contribution in [0.2, 0.25) is 0 Å². The van der Waals surface area contributed by atoms with Gasteiger partial charge >= 0.3 is 0 Å². The second kappa shape index (κ2) is 8.95. The number of piperazine rings is 1. The molecule has 1 unspecified atom stereocenters. The number of aryl methyl sites for hydroxylation is 2. The molecule has 0 saturated carbocycles. The Morgan fingerprint density at radius 3 is 2.59 bits per heavy atom. The van der Waals surface area contributed by atoms with Crippen LogP contribution in [0.1, 0.15) is 35.5 Å². The van der Waals surface area contributed by atoms with Crippen LogP contribution in [0.5, 0.6) is 0 Å². The van der Waals surface area contributed by atoms with Crippen LogP contribution in [0, 0.1) is 13.8 Å². The Hall–Kier alpha value is -1.76. The maximum absolute atomic E-state index is 12.4. The van der Waals surface area contributed by atoms with Gasteiger partial charge in [-0.15, -0.1) is 11.3 Å². The van der Waals surface area contributed by atoms with Crippen molar-refractivity contribution in [2.24, 2.45) is 0 Å². The molecule has 0 radical (unpaired) electrons. The van der Waals surface area contributed by atoms with Crippen LogP contribution >= 0.6 is 11.3 Å². The van der Waals surface area contributed by atoms with Crippen LogP contribution in [0.3, 0.4) is 0 Å². The van der Waals surface area contributed by atoms with Gasteiger partial charge in [0.15, 0.2) is 0 Å². The minimum Gasteiger partial charge on any atom is -0.340 e. The highest BCUT2D eigenvalue weighted by atomic mass is 32.1. The fourth-order valence-corrected chi connectivity index (χ4v) is 4.54. The zero-order valence-corrected chi connectivity index (χ0v) is 17.6. The predicted molar refractivity (Wildman–Crippen MR) is 112 cm³/mol. The van der Waals surface area contributed by atoms with Crippen molar-refractivity contribution < 1.29 is 4.79 Å². The maximum atomic E-state index is 12.4. The first kappa shape index (κ1) is 20.0. The van der Waals surface area contributed by atoms with E-state index in [9.17, 15) is 4.79 Å². The van der Waals surface area contributed by atoms with Crippen LogP contribution in [0.15, 0.2) is 24.3 Å². The standard InChI is InChI=1S/C21H30N4OS/c1-15-5-7-18(8-6-15)21-23-16(2)20(27-21)17(3)24(4)12-9-19(26)25-13-10-22-11-14-25/h5-8,17,22H,9-14H2,1-4H3. The number of benzene rings is 1. The SMILES string of the molecule is Cc1ccc(-c2nc(C)c(C(C)N(C)CCC(=O)N3CCNCC3)s2)cc1. The number of rotatable bonds is 6. The molecule has 0 aliphatic carbocycles. The first-order valence-corrected chi connectivity index (χ1v) is 10.5. The Kier molecular flexibility index (Phi) is 6.63. The number of hydrogen-bond acceptors (Lipinski definition) is 5. The minimum absolute atomic E-state index is 0.248. The van der Waals surface area contributed by atoms with E-state index in [2.05, 4.69) is 62.3 Å². The Labute approximate surface area is 166 Å². The van der Waals surface area contributed by atoms with E-state index in [1.165, 1.54) is 16.0 Å². The highest BCUT2D eigenvalue weighted by Gasteiger charge is 2.21. The molecule has 6 heteroatoms. The second-order valence-electron chi connectivity index (χ2n) is 7.37. The number of nitrogens with zero attached hydrogens (tertiary/aromatic N) is 3. The van der Waals surface area contributed by atoms with Gasteiger partial charge in [0.1, 0.15) is 5.01 Å². The van der Waals surface area contributed by atoms with Gasteiger partial charge in [-0.1, -0.05) is 29.8 Å². The molecule has 0 spiro atoms. The van der Waals surface area contributed by atoms with Crippen molar-refractivity contribution in [2.45, 2.75) is 33.2 Å². The third-order valence-electron chi connectivity index (χ3n) is 5.32. The van der Waals surface area contributed by atoms with Crippen molar-refractivity contribution in [3.8, 4) is 10.6 Å². The number of carbonyl (C=O) groups is 1. The minimum atomic E-state index is 0.248. The molecule has 1 aliphatic heterocycles. The van der Waals surface area contributed by atoms with Crippen molar-refractivity contribution in [3.05, 3.63) is 40.4 Å². The summed E-state index contributed by atoms with van der Waals surface area (Å²) < 4.78 is 0. The zero-order chi connectivity index (χ0) is 19.4. The second-order valence-corrected chi connectivity index (χ2v) is 8.40. The lowest BCUT2D eigenvalue weighted by Crippen LogP contribution is -2.47. The lowest BCUT2D eigenvalue weighted by atomic mass is 10.1. The molecule has 3 rings (SSSR count). The van der Waals surface area contributed by atoms with Gasteiger partial charge in [-0.25, -0.2) is 4.98 Å². The number of amides is 1. The molecule has 1 fully saturated rings. The largest absolute Gasteiger partial charge is 0.340 e. The monoisotopic (exact) mass is 386 g/mol. The Morgan fingerprint density at radius 1 is 1.26 bits per heavy atom. The van der Waals surface area contributed by atoms with Crippen molar-refractivity contribution >= 4 is 17.2 Å². The average Bonchev–Trinajstić information content (AvgIpc) is 3.08. The molecule has 27 heavy (non-hydrogen) atoms. The van der Waals surface area contributed by atoms with Crippen molar-refractivity contribution in [1.29, 1.82) is 0 Å². The van der Waals surface area contributed by atoms with Crippen LogP contribution < -0.4 is 5.32 Å². The molecule has 2 heterocycles. The van der Waals surface area contributed by atoms with E-state index in [-0.39, 0.29) is 11.9 Å². The molecular weight excluding hydrogens is 356 g/mol. The van der Waals surface area contributed by atoms with E-state index in [4.69, 9.17) is 4.98 Å².